The van der Waals surface area contributed by atoms with Gasteiger partial charge in [0.15, 0.2) is 0 Å². The molecule has 2 fully saturated rings. The van der Waals surface area contributed by atoms with Crippen LogP contribution >= 0.6 is 0 Å². The Bertz CT molecular complexity index is 1640. The van der Waals surface area contributed by atoms with Crippen molar-refractivity contribution in [3.8, 4) is 0 Å². The molecule has 194 valence electrons. The summed E-state index contributed by atoms with van der Waals surface area (Å²) in [6.45, 7) is 2.72. The molecule has 0 spiro atoms. The molecule has 4 aromatic rings. The zero-order valence-electron chi connectivity index (χ0n) is 21.0. The summed E-state index contributed by atoms with van der Waals surface area (Å²) in [5.74, 6) is -0.0721. The average molecular weight is 531 g/mol. The summed E-state index contributed by atoms with van der Waals surface area (Å²) >= 11 is 0. The molecule has 38 heavy (non-hydrogen) atoms. The summed E-state index contributed by atoms with van der Waals surface area (Å²) in [7, 11) is -2.21. The van der Waals surface area contributed by atoms with E-state index in [0.29, 0.717) is 24.3 Å². The lowest BCUT2D eigenvalue weighted by atomic mass is 9.86. The molecule has 1 aromatic heterocycles. The van der Waals surface area contributed by atoms with Gasteiger partial charge in [-0.05, 0) is 65.9 Å². The van der Waals surface area contributed by atoms with E-state index in [9.17, 15) is 12.8 Å². The van der Waals surface area contributed by atoms with Gasteiger partial charge in [0.1, 0.15) is 5.82 Å². The lowest BCUT2D eigenvalue weighted by Crippen LogP contribution is -2.35. The number of nitrogens with one attached hydrogen (secondary N) is 2. The number of fused-ring (bicyclic) bond motifs is 1. The van der Waals surface area contributed by atoms with Crippen LogP contribution in [0.1, 0.15) is 28.2 Å². The van der Waals surface area contributed by atoms with Crippen molar-refractivity contribution < 1.29 is 12.8 Å². The van der Waals surface area contributed by atoms with E-state index in [2.05, 4.69) is 27.6 Å². The van der Waals surface area contributed by atoms with E-state index in [1.165, 1.54) is 39.2 Å². The molecule has 3 atom stereocenters. The highest BCUT2D eigenvalue weighted by Crippen LogP contribution is 2.70. The van der Waals surface area contributed by atoms with Crippen molar-refractivity contribution >= 4 is 27.6 Å². The molecule has 8 nitrogen and oxygen atoms in total. The monoisotopic (exact) mass is 530 g/mol. The number of aromatic nitrogens is 3. The summed E-state index contributed by atoms with van der Waals surface area (Å²) in [5, 5.41) is 19.4. The van der Waals surface area contributed by atoms with E-state index in [1.807, 2.05) is 37.3 Å². The van der Waals surface area contributed by atoms with Gasteiger partial charge in [-0.15, -0.1) is 5.10 Å². The number of rotatable bonds is 7. The predicted octanol–water partition coefficient (Wildman–Crippen LogP) is 4.36. The zero-order chi connectivity index (χ0) is 26.7. The average Bonchev–Trinajstić information content (AvgIpc) is 3.18. The molecule has 6 rings (SSSR count). The first-order valence-electron chi connectivity index (χ1n) is 12.3. The number of piperidine rings is 1. The first kappa shape index (κ1) is 24.4. The molecule has 2 heterocycles. The maximum atomic E-state index is 13.5. The van der Waals surface area contributed by atoms with Crippen molar-refractivity contribution in [3.05, 3.63) is 101 Å². The minimum atomic E-state index is -3.80. The minimum absolute atomic E-state index is 0.0524. The van der Waals surface area contributed by atoms with Crippen LogP contribution in [-0.4, -0.2) is 47.0 Å². The largest absolute Gasteiger partial charge is 0.355 e. The van der Waals surface area contributed by atoms with Gasteiger partial charge in [-0.25, -0.2) is 12.8 Å². The molecule has 1 saturated heterocycles. The molecule has 0 radical (unpaired) electrons. The molecule has 2 N–H and O–H groups in total. The molecule has 2 aliphatic rings. The van der Waals surface area contributed by atoms with Gasteiger partial charge in [0.25, 0.3) is 10.0 Å². The molecule has 1 aliphatic heterocycles. The van der Waals surface area contributed by atoms with E-state index in [0.717, 1.165) is 16.8 Å². The van der Waals surface area contributed by atoms with Crippen LogP contribution < -0.4 is 5.32 Å². The predicted molar refractivity (Wildman–Crippen MR) is 143 cm³/mol. The van der Waals surface area contributed by atoms with Crippen LogP contribution in [0.3, 0.4) is 0 Å². The third-order valence-electron chi connectivity index (χ3n) is 7.87. The van der Waals surface area contributed by atoms with Crippen LogP contribution in [0.15, 0.2) is 78.0 Å². The van der Waals surface area contributed by atoms with Crippen molar-refractivity contribution in [2.75, 3.05) is 18.4 Å². The van der Waals surface area contributed by atoms with Crippen molar-refractivity contribution in [2.24, 2.45) is 13.0 Å². The first-order valence-corrected chi connectivity index (χ1v) is 13.8. The second-order valence-corrected chi connectivity index (χ2v) is 11.9. The van der Waals surface area contributed by atoms with Gasteiger partial charge < -0.3 is 10.7 Å². The Balaban J connectivity index is 1.41. The quantitative estimate of drug-likeness (QED) is 0.346. The van der Waals surface area contributed by atoms with Gasteiger partial charge >= 0.3 is 0 Å². The third kappa shape index (κ3) is 3.83. The molecule has 10 heteroatoms. The van der Waals surface area contributed by atoms with Crippen LogP contribution in [0, 0.1) is 24.1 Å². The third-order valence-corrected chi connectivity index (χ3v) is 9.54. The molecular weight excluding hydrogens is 503 g/mol. The van der Waals surface area contributed by atoms with Gasteiger partial charge in [-0.2, -0.15) is 14.2 Å². The second kappa shape index (κ2) is 8.85. The van der Waals surface area contributed by atoms with Gasteiger partial charge in [-0.1, -0.05) is 30.3 Å². The van der Waals surface area contributed by atoms with Gasteiger partial charge in [0.05, 0.1) is 6.20 Å². The van der Waals surface area contributed by atoms with E-state index >= 15 is 0 Å². The summed E-state index contributed by atoms with van der Waals surface area (Å²) < 4.78 is 41.8. The molecule has 1 saturated carbocycles. The maximum absolute atomic E-state index is 13.5. The van der Waals surface area contributed by atoms with Gasteiger partial charge in [0.2, 0.25) is 5.03 Å². The minimum Gasteiger partial charge on any atom is -0.355 e. The highest BCUT2D eigenvalue weighted by Gasteiger charge is 2.71. The fourth-order valence-corrected chi connectivity index (χ4v) is 7.53. The Morgan fingerprint density at radius 1 is 1.13 bits per heavy atom. The zero-order valence-corrected chi connectivity index (χ0v) is 21.8. The molecule has 1 aliphatic carbocycles. The van der Waals surface area contributed by atoms with E-state index in [1.54, 1.807) is 19.2 Å². The van der Waals surface area contributed by atoms with Crippen LogP contribution in [0.2, 0.25) is 0 Å². The van der Waals surface area contributed by atoms with Crippen molar-refractivity contribution in [2.45, 2.75) is 23.3 Å². The maximum Gasteiger partial charge on any atom is 0.264 e. The van der Waals surface area contributed by atoms with Crippen molar-refractivity contribution in [3.63, 3.8) is 0 Å². The second-order valence-electron chi connectivity index (χ2n) is 10.0. The summed E-state index contributed by atoms with van der Waals surface area (Å²) in [6, 6.07) is 20.3. The van der Waals surface area contributed by atoms with Crippen LogP contribution in [0.25, 0.3) is 0 Å². The Morgan fingerprint density at radius 3 is 2.53 bits per heavy atom. The number of sulfonamides is 1. The van der Waals surface area contributed by atoms with E-state index < -0.39 is 15.4 Å². The number of halogens is 1. The Kier molecular flexibility index (Phi) is 5.69. The topological polar surface area (TPSA) is 104 Å². The van der Waals surface area contributed by atoms with E-state index in [4.69, 9.17) is 5.41 Å². The molecule has 0 bridgehead atoms. The molecule has 0 amide bonds. The van der Waals surface area contributed by atoms with Gasteiger partial charge in [-0.3, -0.25) is 0 Å². The fraction of sp³-hybridized carbons (Fsp3) is 0.250. The standard InChI is InChI=1S/C28H27FN6O2S/c1-18-12-25(32-22-10-8-21(29)9-11-22)20(14-30)13-23(18)28-17-35(38(36,37)26-15-31-34(2)33-26)16-24(28)27(28)19-6-4-3-5-7-19/h3-15,24,27,30,32H,16-17H2,1-2H3/t24-,27-,28+/m1/s1. The highest BCUT2D eigenvalue weighted by atomic mass is 32.2. The van der Waals surface area contributed by atoms with Crippen LogP contribution in [-0.2, 0) is 22.5 Å². The van der Waals surface area contributed by atoms with E-state index in [-0.39, 0.29) is 22.7 Å². The fourth-order valence-electron chi connectivity index (χ4n) is 6.12. The lowest BCUT2D eigenvalue weighted by molar-refractivity contribution is 0.418. The first-order chi connectivity index (χ1) is 18.2. The summed E-state index contributed by atoms with van der Waals surface area (Å²) in [4.78, 5) is 1.25. The van der Waals surface area contributed by atoms with Crippen LogP contribution in [0.4, 0.5) is 15.8 Å². The molecule has 3 aromatic carbocycles. The van der Waals surface area contributed by atoms with Crippen molar-refractivity contribution in [1.29, 1.82) is 5.41 Å². The normalized spacial score (nSPS) is 22.7. The Hall–Kier alpha value is -3.89. The summed E-state index contributed by atoms with van der Waals surface area (Å²) in [5.41, 5.74) is 4.93. The number of hydrogen-bond donors (Lipinski definition) is 2. The van der Waals surface area contributed by atoms with Gasteiger partial charge in [0, 0.05) is 54.6 Å². The smallest absolute Gasteiger partial charge is 0.264 e. The Labute approximate surface area is 220 Å². The molecular formula is C28H27FN6O2S. The number of anilines is 2. The molecule has 0 unspecified atom stereocenters. The lowest BCUT2D eigenvalue weighted by Gasteiger charge is -2.25. The number of hydrogen-bond acceptors (Lipinski definition) is 6. The van der Waals surface area contributed by atoms with Crippen LogP contribution in [0.5, 0.6) is 0 Å². The summed E-state index contributed by atoms with van der Waals surface area (Å²) in [6.07, 6.45) is 2.58. The number of benzene rings is 3. The number of aryl methyl sites for hydroxylation is 2. The SMILES string of the molecule is Cc1cc(Nc2ccc(F)cc2)c(C=N)cc1[C@@]12CN(S(=O)(=O)c3cnn(C)n3)C[C@@H]1[C@H]2c1ccccc1. The number of nitrogens with zero attached hydrogens (tertiary/aromatic N) is 4. The Morgan fingerprint density at radius 2 is 1.87 bits per heavy atom. The highest BCUT2D eigenvalue weighted by molar-refractivity contribution is 7.89. The van der Waals surface area contributed by atoms with Crippen molar-refractivity contribution in [1.82, 2.24) is 19.3 Å².